The lowest BCUT2D eigenvalue weighted by atomic mass is 9.92. The molecule has 1 unspecified atom stereocenters. The summed E-state index contributed by atoms with van der Waals surface area (Å²) in [6.07, 6.45) is -1.79. The number of benzene rings is 3. The first-order valence-electron chi connectivity index (χ1n) is 12.1. The van der Waals surface area contributed by atoms with Crippen LogP contribution >= 0.6 is 12.2 Å². The summed E-state index contributed by atoms with van der Waals surface area (Å²) in [6.45, 7) is 0.479. The number of carbonyl (C=O) groups is 2. The molecule has 6 nitrogen and oxygen atoms in total. The van der Waals surface area contributed by atoms with Gasteiger partial charge in [-0.3, -0.25) is 4.79 Å². The molecule has 38 heavy (non-hydrogen) atoms. The van der Waals surface area contributed by atoms with Gasteiger partial charge in [-0.25, -0.2) is 4.79 Å². The fraction of sp³-hybridized carbons (Fsp3) is 0.250. The fourth-order valence-corrected chi connectivity index (χ4v) is 4.95. The molecular weight excluding hydrogens is 515 g/mol. The van der Waals surface area contributed by atoms with Crippen molar-refractivity contribution >= 4 is 29.2 Å². The second-order valence-electron chi connectivity index (χ2n) is 9.34. The summed E-state index contributed by atoms with van der Waals surface area (Å²) in [4.78, 5) is 27.3. The first-order chi connectivity index (χ1) is 18.1. The van der Waals surface area contributed by atoms with Gasteiger partial charge in [-0.15, -0.1) is 0 Å². The summed E-state index contributed by atoms with van der Waals surface area (Å²) in [5.41, 5.74) is 7.61. The largest absolute Gasteiger partial charge is 0.423 e. The Morgan fingerprint density at radius 3 is 2.39 bits per heavy atom. The molecule has 3 N–H and O–H groups in total. The third kappa shape index (κ3) is 5.35. The first-order valence-corrected chi connectivity index (χ1v) is 12.5. The monoisotopic (exact) mass is 539 g/mol. The molecule has 0 aromatic heterocycles. The van der Waals surface area contributed by atoms with Crippen LogP contribution in [0.15, 0.2) is 66.7 Å². The molecule has 1 aliphatic carbocycles. The summed E-state index contributed by atoms with van der Waals surface area (Å²) in [5.74, 6) is -0.897. The van der Waals surface area contributed by atoms with E-state index in [1.54, 1.807) is 47.4 Å². The van der Waals surface area contributed by atoms with Gasteiger partial charge in [0, 0.05) is 12.6 Å². The number of nitrogens with one attached hydrogen (secondary N) is 1. The Bertz CT molecular complexity index is 1400. The lowest BCUT2D eigenvalue weighted by Crippen LogP contribution is -2.50. The Kier molecular flexibility index (Phi) is 6.83. The number of hydrogen-bond acceptors (Lipinski definition) is 4. The number of halogens is 3. The molecule has 1 aliphatic heterocycles. The fourth-order valence-electron chi connectivity index (χ4n) is 4.59. The summed E-state index contributed by atoms with van der Waals surface area (Å²) in [5, 5.41) is 3.75. The molecule has 3 aromatic carbocycles. The van der Waals surface area contributed by atoms with Gasteiger partial charge in [0.2, 0.25) is 5.91 Å². The standard InChI is InChI=1S/C28H24F3N3O3S/c29-28(30,31)18-7-5-16(6-8-18)21-3-1-2-4-23(21)26(36)37-20-11-12-22-17(15-20)13-14-34(24(22)25(32)35)27(38)33-19-9-10-19/h1-8,11-12,15,19,24H,9-10,13-14H2,(H2,32,35)(H,33,38). The number of ether oxygens (including phenoxy) is 1. The molecule has 3 aromatic rings. The van der Waals surface area contributed by atoms with E-state index in [-0.39, 0.29) is 11.3 Å². The van der Waals surface area contributed by atoms with Crippen LogP contribution in [0.1, 0.15) is 45.9 Å². The van der Waals surface area contributed by atoms with E-state index < -0.39 is 29.7 Å². The van der Waals surface area contributed by atoms with Gasteiger partial charge in [0.25, 0.3) is 0 Å². The number of nitrogens with zero attached hydrogens (tertiary/aromatic N) is 1. The topological polar surface area (TPSA) is 84.7 Å². The van der Waals surface area contributed by atoms with E-state index in [4.69, 9.17) is 22.7 Å². The molecule has 0 radical (unpaired) electrons. The van der Waals surface area contributed by atoms with Crippen molar-refractivity contribution in [1.82, 2.24) is 10.2 Å². The molecule has 1 fully saturated rings. The van der Waals surface area contributed by atoms with Crippen molar-refractivity contribution in [1.29, 1.82) is 0 Å². The van der Waals surface area contributed by atoms with Crippen molar-refractivity contribution in [3.63, 3.8) is 0 Å². The van der Waals surface area contributed by atoms with Crippen LogP contribution in [0.25, 0.3) is 11.1 Å². The van der Waals surface area contributed by atoms with Gasteiger partial charge in [0.05, 0.1) is 11.1 Å². The molecule has 10 heteroatoms. The minimum Gasteiger partial charge on any atom is -0.423 e. The Hall–Kier alpha value is -3.92. The van der Waals surface area contributed by atoms with Crippen molar-refractivity contribution in [2.24, 2.45) is 5.73 Å². The number of alkyl halides is 3. The smallest absolute Gasteiger partial charge is 0.416 e. The highest BCUT2D eigenvalue weighted by Gasteiger charge is 2.35. The maximum atomic E-state index is 13.1. The Morgan fingerprint density at radius 1 is 1.03 bits per heavy atom. The van der Waals surface area contributed by atoms with Gasteiger partial charge < -0.3 is 20.7 Å². The van der Waals surface area contributed by atoms with E-state index >= 15 is 0 Å². The average molecular weight is 540 g/mol. The van der Waals surface area contributed by atoms with Gasteiger partial charge in [0.1, 0.15) is 11.8 Å². The Morgan fingerprint density at radius 2 is 1.74 bits per heavy atom. The van der Waals surface area contributed by atoms with Crippen molar-refractivity contribution in [3.8, 4) is 16.9 Å². The van der Waals surface area contributed by atoms with Crippen LogP contribution in [-0.4, -0.2) is 34.5 Å². The molecular formula is C28H24F3N3O3S. The van der Waals surface area contributed by atoms with Gasteiger partial charge in [-0.05, 0) is 84.1 Å². The second-order valence-corrected chi connectivity index (χ2v) is 9.73. The molecule has 0 saturated heterocycles. The number of amides is 1. The molecule has 1 amide bonds. The highest BCUT2D eigenvalue weighted by Crippen LogP contribution is 2.35. The summed E-state index contributed by atoms with van der Waals surface area (Å²) in [7, 11) is 0. The predicted molar refractivity (Wildman–Crippen MR) is 139 cm³/mol. The molecule has 196 valence electrons. The van der Waals surface area contributed by atoms with Crippen molar-refractivity contribution < 1.29 is 27.5 Å². The zero-order valence-electron chi connectivity index (χ0n) is 20.1. The van der Waals surface area contributed by atoms with Crippen LogP contribution in [-0.2, 0) is 17.4 Å². The number of hydrogen-bond donors (Lipinski definition) is 2. The number of nitrogens with two attached hydrogens (primary N) is 1. The van der Waals surface area contributed by atoms with E-state index in [2.05, 4.69) is 5.32 Å². The number of esters is 1. The third-order valence-corrected chi connectivity index (χ3v) is 7.01. The zero-order valence-corrected chi connectivity index (χ0v) is 20.9. The van der Waals surface area contributed by atoms with Gasteiger partial charge >= 0.3 is 12.1 Å². The van der Waals surface area contributed by atoms with E-state index in [1.165, 1.54) is 12.1 Å². The maximum Gasteiger partial charge on any atom is 0.416 e. The second kappa shape index (κ2) is 10.1. The average Bonchev–Trinajstić information content (AvgIpc) is 3.71. The summed E-state index contributed by atoms with van der Waals surface area (Å²) in [6, 6.07) is 15.8. The Balaban J connectivity index is 1.37. The first kappa shape index (κ1) is 25.7. The van der Waals surface area contributed by atoms with Crippen LogP contribution in [0.2, 0.25) is 0 Å². The van der Waals surface area contributed by atoms with Gasteiger partial charge in [0.15, 0.2) is 5.11 Å². The molecule has 1 heterocycles. The molecule has 1 saturated carbocycles. The normalized spacial score (nSPS) is 16.9. The van der Waals surface area contributed by atoms with Crippen LogP contribution in [0.4, 0.5) is 13.2 Å². The summed E-state index contributed by atoms with van der Waals surface area (Å²) < 4.78 is 44.5. The van der Waals surface area contributed by atoms with E-state index in [0.29, 0.717) is 40.8 Å². The van der Waals surface area contributed by atoms with Crippen LogP contribution in [0, 0.1) is 0 Å². The predicted octanol–water partition coefficient (Wildman–Crippen LogP) is 5.01. The third-order valence-electron chi connectivity index (χ3n) is 6.66. The minimum atomic E-state index is -4.45. The lowest BCUT2D eigenvalue weighted by molar-refractivity contribution is -0.137. The van der Waals surface area contributed by atoms with Crippen LogP contribution < -0.4 is 15.8 Å². The number of carbonyl (C=O) groups excluding carboxylic acids is 2. The van der Waals surface area contributed by atoms with Crippen LogP contribution in [0.3, 0.4) is 0 Å². The van der Waals surface area contributed by atoms with E-state index in [0.717, 1.165) is 30.5 Å². The molecule has 5 rings (SSSR count). The number of fused-ring (bicyclic) bond motifs is 1. The van der Waals surface area contributed by atoms with E-state index in [9.17, 15) is 22.8 Å². The maximum absolute atomic E-state index is 13.1. The Labute approximate surface area is 222 Å². The van der Waals surface area contributed by atoms with Crippen molar-refractivity contribution in [2.75, 3.05) is 6.54 Å². The van der Waals surface area contributed by atoms with Crippen molar-refractivity contribution in [2.45, 2.75) is 37.5 Å². The van der Waals surface area contributed by atoms with Crippen LogP contribution in [0.5, 0.6) is 5.75 Å². The molecule has 0 spiro atoms. The SMILES string of the molecule is NC(=O)C1c2ccc(OC(=O)c3ccccc3-c3ccc(C(F)(F)F)cc3)cc2CCN1C(=S)NC1CC1. The zero-order chi connectivity index (χ0) is 27.0. The molecule has 2 aliphatic rings. The number of thiocarbonyl (C=S) groups is 1. The lowest BCUT2D eigenvalue weighted by Gasteiger charge is -2.37. The number of primary amides is 1. The number of rotatable bonds is 5. The quantitative estimate of drug-likeness (QED) is 0.269. The van der Waals surface area contributed by atoms with E-state index in [1.807, 2.05) is 0 Å². The highest BCUT2D eigenvalue weighted by atomic mass is 32.1. The molecule has 1 atom stereocenters. The minimum absolute atomic E-state index is 0.211. The van der Waals surface area contributed by atoms with Crippen molar-refractivity contribution in [3.05, 3.63) is 89.0 Å². The summed E-state index contributed by atoms with van der Waals surface area (Å²) >= 11 is 5.51. The highest BCUT2D eigenvalue weighted by molar-refractivity contribution is 7.80. The van der Waals surface area contributed by atoms with Gasteiger partial charge in [-0.2, -0.15) is 13.2 Å². The molecule has 0 bridgehead atoms. The van der Waals surface area contributed by atoms with Gasteiger partial charge in [-0.1, -0.05) is 36.4 Å².